The maximum atomic E-state index is 12.2. The molecule has 0 aliphatic carbocycles. The molecule has 0 aromatic heterocycles. The predicted octanol–water partition coefficient (Wildman–Crippen LogP) is 1.37. The van der Waals surface area contributed by atoms with Crippen molar-refractivity contribution in [2.45, 2.75) is 31.2 Å². The minimum absolute atomic E-state index is 0.441. The van der Waals surface area contributed by atoms with E-state index in [1.54, 1.807) is 13.8 Å². The lowest BCUT2D eigenvalue weighted by Crippen LogP contribution is -2.45. The number of para-hydroxylation sites is 1. The van der Waals surface area contributed by atoms with E-state index in [4.69, 9.17) is 5.11 Å². The molecule has 8 nitrogen and oxygen atoms in total. The first-order valence-electron chi connectivity index (χ1n) is 6.19. The Kier molecular flexibility index (Phi) is 5.39. The maximum absolute atomic E-state index is 12.2. The van der Waals surface area contributed by atoms with E-state index in [1.807, 2.05) is 4.72 Å². The average molecular weight is 316 g/mol. The topological polar surface area (TPSA) is 127 Å². The molecular weight excluding hydrogens is 300 g/mol. The lowest BCUT2D eigenvalue weighted by atomic mass is 10.0. The van der Waals surface area contributed by atoms with Gasteiger partial charge in [0.2, 0.25) is 10.0 Å². The Balaban J connectivity index is 3.23. The van der Waals surface area contributed by atoms with Crippen LogP contribution in [0.3, 0.4) is 0 Å². The van der Waals surface area contributed by atoms with Gasteiger partial charge in [-0.25, -0.2) is 8.42 Å². The number of nitrogens with zero attached hydrogens (tertiary/aromatic N) is 1. The fraction of sp³-hybridized carbons (Fsp3) is 0.417. The number of rotatable bonds is 7. The van der Waals surface area contributed by atoms with Crippen molar-refractivity contribution in [2.24, 2.45) is 5.92 Å². The van der Waals surface area contributed by atoms with E-state index < -0.39 is 43.5 Å². The Morgan fingerprint density at radius 1 is 1.43 bits per heavy atom. The van der Waals surface area contributed by atoms with E-state index in [9.17, 15) is 23.3 Å². The molecule has 0 aliphatic heterocycles. The Morgan fingerprint density at radius 3 is 2.48 bits per heavy atom. The van der Waals surface area contributed by atoms with E-state index >= 15 is 0 Å². The van der Waals surface area contributed by atoms with Crippen LogP contribution in [0.4, 0.5) is 5.69 Å². The summed E-state index contributed by atoms with van der Waals surface area (Å²) in [7, 11) is -4.31. The first-order chi connectivity index (χ1) is 9.70. The van der Waals surface area contributed by atoms with Gasteiger partial charge < -0.3 is 5.11 Å². The third-order valence-corrected chi connectivity index (χ3v) is 4.60. The van der Waals surface area contributed by atoms with Crippen LogP contribution in [0.5, 0.6) is 0 Å². The summed E-state index contributed by atoms with van der Waals surface area (Å²) in [4.78, 5) is 20.7. The molecule has 0 aliphatic rings. The molecule has 0 saturated carbocycles. The zero-order chi connectivity index (χ0) is 16.2. The molecule has 2 unspecified atom stereocenters. The molecule has 0 amide bonds. The highest BCUT2D eigenvalue weighted by Gasteiger charge is 2.32. The number of benzene rings is 1. The van der Waals surface area contributed by atoms with Crippen LogP contribution in [-0.2, 0) is 14.8 Å². The molecule has 0 bridgehead atoms. The standard InChI is InChI=1S/C12H16N2O6S/c1-3-8(2)11(12(15)16)13-21(19,20)10-7-5-4-6-9(10)14(17)18/h4-8,11,13H,3H2,1-2H3,(H,15,16). The van der Waals surface area contributed by atoms with Gasteiger partial charge in [-0.15, -0.1) is 0 Å². The fourth-order valence-electron chi connectivity index (χ4n) is 1.71. The van der Waals surface area contributed by atoms with Gasteiger partial charge in [-0.3, -0.25) is 14.9 Å². The Labute approximate surface area is 122 Å². The van der Waals surface area contributed by atoms with Crippen LogP contribution in [0.2, 0.25) is 0 Å². The van der Waals surface area contributed by atoms with Gasteiger partial charge in [-0.05, 0) is 12.0 Å². The highest BCUT2D eigenvalue weighted by Crippen LogP contribution is 2.23. The number of carboxylic acid groups (broad SMARTS) is 1. The van der Waals surface area contributed by atoms with Crippen molar-refractivity contribution in [3.05, 3.63) is 34.4 Å². The van der Waals surface area contributed by atoms with E-state index in [1.165, 1.54) is 12.1 Å². The smallest absolute Gasteiger partial charge is 0.322 e. The SMILES string of the molecule is CCC(C)C(NS(=O)(=O)c1ccccc1[N+](=O)[O-])C(=O)O. The monoisotopic (exact) mass is 316 g/mol. The van der Waals surface area contributed by atoms with Gasteiger partial charge in [0.1, 0.15) is 6.04 Å². The highest BCUT2D eigenvalue weighted by molar-refractivity contribution is 7.89. The van der Waals surface area contributed by atoms with Gasteiger partial charge >= 0.3 is 5.97 Å². The number of nitrogens with one attached hydrogen (secondary N) is 1. The second-order valence-electron chi connectivity index (χ2n) is 4.55. The van der Waals surface area contributed by atoms with Gasteiger partial charge in [0.15, 0.2) is 4.90 Å². The van der Waals surface area contributed by atoms with Crippen LogP contribution in [0.1, 0.15) is 20.3 Å². The van der Waals surface area contributed by atoms with Gasteiger partial charge in [0.25, 0.3) is 5.69 Å². The van der Waals surface area contributed by atoms with Crippen LogP contribution in [0.25, 0.3) is 0 Å². The molecule has 1 aromatic carbocycles. The zero-order valence-corrected chi connectivity index (χ0v) is 12.3. The number of sulfonamides is 1. The Hall–Kier alpha value is -2.00. The van der Waals surface area contributed by atoms with Crippen molar-refractivity contribution >= 4 is 21.7 Å². The average Bonchev–Trinajstić information content (AvgIpc) is 2.43. The summed E-state index contributed by atoms with van der Waals surface area (Å²) in [6, 6.07) is 3.44. The van der Waals surface area contributed by atoms with Gasteiger partial charge in [0, 0.05) is 6.07 Å². The van der Waals surface area contributed by atoms with Gasteiger partial charge in [-0.1, -0.05) is 32.4 Å². The van der Waals surface area contributed by atoms with Crippen LogP contribution >= 0.6 is 0 Å². The summed E-state index contributed by atoms with van der Waals surface area (Å²) in [5.74, 6) is -1.79. The number of carboxylic acids is 1. The van der Waals surface area contributed by atoms with Crippen LogP contribution in [-0.4, -0.2) is 30.5 Å². The fourth-order valence-corrected chi connectivity index (χ4v) is 3.18. The molecule has 0 heterocycles. The van der Waals surface area contributed by atoms with Gasteiger partial charge in [0.05, 0.1) is 4.92 Å². The van der Waals surface area contributed by atoms with Crippen LogP contribution in [0.15, 0.2) is 29.2 Å². The number of aliphatic carboxylic acids is 1. The Bertz CT molecular complexity index is 643. The second kappa shape index (κ2) is 6.64. The van der Waals surface area contributed by atoms with Crippen LogP contribution in [0, 0.1) is 16.0 Å². The van der Waals surface area contributed by atoms with Crippen molar-refractivity contribution in [1.82, 2.24) is 4.72 Å². The van der Waals surface area contributed by atoms with Crippen molar-refractivity contribution in [1.29, 1.82) is 0 Å². The van der Waals surface area contributed by atoms with E-state index in [2.05, 4.69) is 0 Å². The molecule has 2 atom stereocenters. The Morgan fingerprint density at radius 2 is 2.00 bits per heavy atom. The minimum Gasteiger partial charge on any atom is -0.480 e. The first-order valence-corrected chi connectivity index (χ1v) is 7.67. The third kappa shape index (κ3) is 3.99. The maximum Gasteiger partial charge on any atom is 0.322 e. The zero-order valence-electron chi connectivity index (χ0n) is 11.5. The number of hydrogen-bond donors (Lipinski definition) is 2. The van der Waals surface area contributed by atoms with E-state index in [0.717, 1.165) is 12.1 Å². The number of carbonyl (C=O) groups is 1. The summed E-state index contributed by atoms with van der Waals surface area (Å²) in [6.07, 6.45) is 0.441. The van der Waals surface area contributed by atoms with Crippen molar-refractivity contribution < 1.29 is 23.2 Å². The van der Waals surface area contributed by atoms with E-state index in [-0.39, 0.29) is 0 Å². The van der Waals surface area contributed by atoms with E-state index in [0.29, 0.717) is 6.42 Å². The van der Waals surface area contributed by atoms with Gasteiger partial charge in [-0.2, -0.15) is 4.72 Å². The number of nitro groups is 1. The lowest BCUT2D eigenvalue weighted by Gasteiger charge is -2.19. The molecule has 1 rings (SSSR count). The summed E-state index contributed by atoms with van der Waals surface area (Å²) in [6.45, 7) is 3.31. The molecule has 0 radical (unpaired) electrons. The molecule has 2 N–H and O–H groups in total. The summed E-state index contributed by atoms with van der Waals surface area (Å²) < 4.78 is 26.5. The van der Waals surface area contributed by atoms with Crippen molar-refractivity contribution in [3.8, 4) is 0 Å². The third-order valence-electron chi connectivity index (χ3n) is 3.11. The molecule has 9 heteroatoms. The molecule has 0 saturated heterocycles. The first kappa shape index (κ1) is 17.1. The number of hydrogen-bond acceptors (Lipinski definition) is 5. The van der Waals surface area contributed by atoms with Crippen molar-refractivity contribution in [3.63, 3.8) is 0 Å². The molecule has 0 fully saturated rings. The normalized spacial score (nSPS) is 14.4. The summed E-state index contributed by atoms with van der Waals surface area (Å²) in [5.41, 5.74) is -0.599. The predicted molar refractivity (Wildman–Crippen MR) is 74.3 cm³/mol. The van der Waals surface area contributed by atoms with Crippen molar-refractivity contribution in [2.75, 3.05) is 0 Å². The highest BCUT2D eigenvalue weighted by atomic mass is 32.2. The molecule has 116 valence electrons. The molecule has 0 spiro atoms. The lowest BCUT2D eigenvalue weighted by molar-refractivity contribution is -0.387. The molecular formula is C12H16N2O6S. The summed E-state index contributed by atoms with van der Waals surface area (Å²) >= 11 is 0. The minimum atomic E-state index is -4.31. The largest absolute Gasteiger partial charge is 0.480 e. The second-order valence-corrected chi connectivity index (χ2v) is 6.23. The molecule has 21 heavy (non-hydrogen) atoms. The van der Waals surface area contributed by atoms with Crippen LogP contribution < -0.4 is 4.72 Å². The number of nitro benzene ring substituents is 1. The quantitative estimate of drug-likeness (QED) is 0.578. The summed E-state index contributed by atoms with van der Waals surface area (Å²) in [5, 5.41) is 20.0. The molecule has 1 aromatic rings.